The Bertz CT molecular complexity index is 1190. The highest BCUT2D eigenvalue weighted by atomic mass is 16.3. The summed E-state index contributed by atoms with van der Waals surface area (Å²) >= 11 is 0. The number of hydrogen-bond donors (Lipinski definition) is 2. The standard InChI is InChI=1S/C24H23N5O2/c1-16-14-22(28-24(25-16)29-12-4-5-13-29)26-18-8-10-19(11-9-18)27-23(30)21-15-17-6-2-3-7-20(17)31-21/h2-3,6-11,14-15H,4-5,12-13H2,1H3,(H,27,30)(H,25,26,28). The molecule has 0 bridgehead atoms. The number of aromatic nitrogens is 2. The fourth-order valence-electron chi connectivity index (χ4n) is 3.75. The van der Waals surface area contributed by atoms with Gasteiger partial charge in [-0.3, -0.25) is 4.79 Å². The third-order valence-corrected chi connectivity index (χ3v) is 5.30. The number of fused-ring (bicyclic) bond motifs is 1. The van der Waals surface area contributed by atoms with Crippen molar-refractivity contribution in [3.05, 3.63) is 72.1 Å². The lowest BCUT2D eigenvalue weighted by Crippen LogP contribution is -2.21. The third kappa shape index (κ3) is 4.21. The highest BCUT2D eigenvalue weighted by molar-refractivity contribution is 6.04. The van der Waals surface area contributed by atoms with Gasteiger partial charge in [0.2, 0.25) is 5.95 Å². The molecule has 1 aliphatic rings. The first-order valence-corrected chi connectivity index (χ1v) is 10.4. The molecule has 31 heavy (non-hydrogen) atoms. The summed E-state index contributed by atoms with van der Waals surface area (Å²) in [6.07, 6.45) is 2.36. The van der Waals surface area contributed by atoms with Crippen molar-refractivity contribution < 1.29 is 9.21 Å². The Morgan fingerprint density at radius 3 is 2.48 bits per heavy atom. The van der Waals surface area contributed by atoms with Crippen LogP contribution in [-0.2, 0) is 0 Å². The maximum absolute atomic E-state index is 12.5. The summed E-state index contributed by atoms with van der Waals surface area (Å²) < 4.78 is 5.63. The van der Waals surface area contributed by atoms with Crippen LogP contribution in [0.15, 0.2) is 65.1 Å². The quantitative estimate of drug-likeness (QED) is 0.472. The van der Waals surface area contributed by atoms with Gasteiger partial charge in [0, 0.05) is 41.6 Å². The van der Waals surface area contributed by atoms with E-state index in [4.69, 9.17) is 4.42 Å². The van der Waals surface area contributed by atoms with Crippen LogP contribution in [0.4, 0.5) is 23.1 Å². The van der Waals surface area contributed by atoms with Crippen molar-refractivity contribution in [1.82, 2.24) is 9.97 Å². The number of aryl methyl sites for hydroxylation is 1. The Labute approximate surface area is 180 Å². The van der Waals surface area contributed by atoms with Gasteiger partial charge in [0.1, 0.15) is 11.4 Å². The normalized spacial score (nSPS) is 13.5. The summed E-state index contributed by atoms with van der Waals surface area (Å²) in [5.41, 5.74) is 3.19. The first-order chi connectivity index (χ1) is 15.1. The van der Waals surface area contributed by atoms with Gasteiger partial charge in [0.25, 0.3) is 5.91 Å². The van der Waals surface area contributed by atoms with Gasteiger partial charge in [0.15, 0.2) is 5.76 Å². The zero-order valence-electron chi connectivity index (χ0n) is 17.3. The molecule has 5 rings (SSSR count). The molecule has 4 aromatic rings. The van der Waals surface area contributed by atoms with Gasteiger partial charge in [-0.05, 0) is 56.2 Å². The largest absolute Gasteiger partial charge is 0.451 e. The second-order valence-electron chi connectivity index (χ2n) is 7.69. The minimum Gasteiger partial charge on any atom is -0.451 e. The van der Waals surface area contributed by atoms with Crippen LogP contribution < -0.4 is 15.5 Å². The van der Waals surface area contributed by atoms with Crippen molar-refractivity contribution in [2.24, 2.45) is 0 Å². The Balaban J connectivity index is 1.27. The molecule has 2 aromatic heterocycles. The zero-order valence-corrected chi connectivity index (χ0v) is 17.3. The second-order valence-corrected chi connectivity index (χ2v) is 7.69. The van der Waals surface area contributed by atoms with E-state index in [0.29, 0.717) is 11.3 Å². The number of amides is 1. The molecule has 2 aromatic carbocycles. The van der Waals surface area contributed by atoms with Crippen molar-refractivity contribution in [2.75, 3.05) is 28.6 Å². The van der Waals surface area contributed by atoms with Gasteiger partial charge >= 0.3 is 0 Å². The number of carbonyl (C=O) groups excluding carboxylic acids is 1. The topological polar surface area (TPSA) is 83.3 Å². The number of furan rings is 1. The molecule has 0 aliphatic carbocycles. The summed E-state index contributed by atoms with van der Waals surface area (Å²) in [6.45, 7) is 3.98. The fourth-order valence-corrected chi connectivity index (χ4v) is 3.75. The van der Waals surface area contributed by atoms with E-state index in [-0.39, 0.29) is 11.7 Å². The van der Waals surface area contributed by atoms with Crippen molar-refractivity contribution in [3.8, 4) is 0 Å². The average Bonchev–Trinajstić information content (AvgIpc) is 3.45. The van der Waals surface area contributed by atoms with Crippen LogP contribution in [-0.4, -0.2) is 29.0 Å². The summed E-state index contributed by atoms with van der Waals surface area (Å²) in [7, 11) is 0. The fraction of sp³-hybridized carbons (Fsp3) is 0.208. The van der Waals surface area contributed by atoms with E-state index in [1.807, 2.05) is 61.5 Å². The summed E-state index contributed by atoms with van der Waals surface area (Å²) in [4.78, 5) is 24.0. The molecular formula is C24H23N5O2. The maximum atomic E-state index is 12.5. The zero-order chi connectivity index (χ0) is 21.2. The Kier molecular flexibility index (Phi) is 5.00. The van der Waals surface area contributed by atoms with Crippen LogP contribution in [0.5, 0.6) is 0 Å². The number of nitrogens with zero attached hydrogens (tertiary/aromatic N) is 3. The number of benzene rings is 2. The molecule has 2 N–H and O–H groups in total. The molecule has 7 heteroatoms. The highest BCUT2D eigenvalue weighted by Gasteiger charge is 2.16. The van der Waals surface area contributed by atoms with E-state index < -0.39 is 0 Å². The molecule has 1 amide bonds. The summed E-state index contributed by atoms with van der Waals surface area (Å²) in [5, 5.41) is 7.11. The molecule has 0 atom stereocenters. The van der Waals surface area contributed by atoms with E-state index in [1.54, 1.807) is 6.07 Å². The number of rotatable bonds is 5. The lowest BCUT2D eigenvalue weighted by atomic mass is 10.2. The van der Waals surface area contributed by atoms with E-state index in [0.717, 1.165) is 41.6 Å². The van der Waals surface area contributed by atoms with Gasteiger partial charge in [-0.15, -0.1) is 0 Å². The van der Waals surface area contributed by atoms with Gasteiger partial charge in [-0.25, -0.2) is 4.98 Å². The smallest absolute Gasteiger partial charge is 0.291 e. The molecule has 156 valence electrons. The van der Waals surface area contributed by atoms with Crippen LogP contribution in [0, 0.1) is 6.92 Å². The number of carbonyl (C=O) groups is 1. The van der Waals surface area contributed by atoms with Gasteiger partial charge in [-0.1, -0.05) is 18.2 Å². The van der Waals surface area contributed by atoms with E-state index in [2.05, 4.69) is 25.5 Å². The first kappa shape index (κ1) is 19.1. The highest BCUT2D eigenvalue weighted by Crippen LogP contribution is 2.23. The van der Waals surface area contributed by atoms with Crippen LogP contribution in [0.1, 0.15) is 29.1 Å². The number of nitrogens with one attached hydrogen (secondary N) is 2. The molecule has 0 spiro atoms. The Morgan fingerprint density at radius 2 is 1.71 bits per heavy atom. The minimum absolute atomic E-state index is 0.279. The van der Waals surface area contributed by atoms with E-state index >= 15 is 0 Å². The van der Waals surface area contributed by atoms with Crippen molar-refractivity contribution >= 4 is 40.0 Å². The number of hydrogen-bond acceptors (Lipinski definition) is 6. The van der Waals surface area contributed by atoms with E-state index in [9.17, 15) is 4.79 Å². The van der Waals surface area contributed by atoms with Crippen LogP contribution in [0.2, 0.25) is 0 Å². The van der Waals surface area contributed by atoms with Crippen molar-refractivity contribution in [3.63, 3.8) is 0 Å². The summed E-state index contributed by atoms with van der Waals surface area (Å²) in [5.74, 6) is 1.54. The lowest BCUT2D eigenvalue weighted by Gasteiger charge is -2.17. The molecule has 1 fully saturated rings. The predicted octanol–water partition coefficient (Wildman–Crippen LogP) is 5.13. The van der Waals surface area contributed by atoms with Crippen molar-refractivity contribution in [1.29, 1.82) is 0 Å². The minimum atomic E-state index is -0.279. The SMILES string of the molecule is Cc1cc(Nc2ccc(NC(=O)c3cc4ccccc4o3)cc2)nc(N2CCCC2)n1. The van der Waals surface area contributed by atoms with Crippen molar-refractivity contribution in [2.45, 2.75) is 19.8 Å². The van der Waals surface area contributed by atoms with E-state index in [1.165, 1.54) is 12.8 Å². The number of anilines is 4. The van der Waals surface area contributed by atoms with Gasteiger partial charge < -0.3 is 20.0 Å². The molecule has 7 nitrogen and oxygen atoms in total. The van der Waals surface area contributed by atoms with Gasteiger partial charge in [-0.2, -0.15) is 4.98 Å². The summed E-state index contributed by atoms with van der Waals surface area (Å²) in [6, 6.07) is 18.7. The maximum Gasteiger partial charge on any atom is 0.291 e. The van der Waals surface area contributed by atoms with Crippen LogP contribution in [0.25, 0.3) is 11.0 Å². The predicted molar refractivity (Wildman–Crippen MR) is 122 cm³/mol. The molecule has 1 saturated heterocycles. The molecular weight excluding hydrogens is 390 g/mol. The first-order valence-electron chi connectivity index (χ1n) is 10.4. The lowest BCUT2D eigenvalue weighted by molar-refractivity contribution is 0.0998. The Morgan fingerprint density at radius 1 is 0.968 bits per heavy atom. The molecule has 1 aliphatic heterocycles. The third-order valence-electron chi connectivity index (χ3n) is 5.30. The van der Waals surface area contributed by atoms with Crippen LogP contribution in [0.3, 0.4) is 0 Å². The van der Waals surface area contributed by atoms with Crippen LogP contribution >= 0.6 is 0 Å². The average molecular weight is 413 g/mol. The monoisotopic (exact) mass is 413 g/mol. The van der Waals surface area contributed by atoms with Gasteiger partial charge in [0.05, 0.1) is 0 Å². The molecule has 0 unspecified atom stereocenters. The molecule has 0 radical (unpaired) electrons. The number of para-hydroxylation sites is 1. The second kappa shape index (κ2) is 8.10. The Hall–Kier alpha value is -3.87. The molecule has 0 saturated carbocycles. The molecule has 3 heterocycles.